The van der Waals surface area contributed by atoms with E-state index in [1.165, 1.54) is 13.0 Å². The Bertz CT molecular complexity index is 1880. The van der Waals surface area contributed by atoms with E-state index >= 15 is 0 Å². The summed E-state index contributed by atoms with van der Waals surface area (Å²) in [5.74, 6) is -3.75. The fraction of sp³-hybridized carbons (Fsp3) is 0.276. The normalized spacial score (nSPS) is 17.7. The summed E-state index contributed by atoms with van der Waals surface area (Å²) in [6.07, 6.45) is -7.76. The van der Waals surface area contributed by atoms with Gasteiger partial charge < -0.3 is 20.1 Å². The van der Waals surface area contributed by atoms with E-state index in [0.29, 0.717) is 18.4 Å². The number of fused-ring (bicyclic) bond motifs is 3. The van der Waals surface area contributed by atoms with Crippen LogP contribution in [0.4, 0.5) is 22.0 Å². The Morgan fingerprint density at radius 1 is 1.02 bits per heavy atom. The Morgan fingerprint density at radius 2 is 1.75 bits per heavy atom. The number of carbonyl (C=O) groups is 3. The molecule has 3 heterocycles. The largest absolute Gasteiger partial charge is 0.507 e. The second-order valence-corrected chi connectivity index (χ2v) is 10.4. The van der Waals surface area contributed by atoms with E-state index in [0.717, 1.165) is 45.6 Å². The van der Waals surface area contributed by atoms with E-state index in [1.54, 1.807) is 12.1 Å². The third kappa shape index (κ3) is 4.87. The van der Waals surface area contributed by atoms with E-state index < -0.39 is 47.4 Å². The summed E-state index contributed by atoms with van der Waals surface area (Å²) in [5.41, 5.74) is 2.51. The Hall–Kier alpha value is -5.08. The van der Waals surface area contributed by atoms with Crippen LogP contribution in [-0.2, 0) is 13.0 Å². The van der Waals surface area contributed by atoms with E-state index in [4.69, 9.17) is 0 Å². The highest BCUT2D eigenvalue weighted by molar-refractivity contribution is 5.99. The molecule has 10 nitrogen and oxygen atoms in total. The minimum absolute atomic E-state index is 0.0661. The molecule has 6 rings (SSSR count). The quantitative estimate of drug-likeness (QED) is 0.239. The number of halogens is 5. The van der Waals surface area contributed by atoms with Gasteiger partial charge in [-0.3, -0.25) is 14.4 Å². The highest BCUT2D eigenvalue weighted by Crippen LogP contribution is 2.47. The molecule has 2 aromatic heterocycles. The number of nitrogens with one attached hydrogen (secondary N) is 2. The lowest BCUT2D eigenvalue weighted by molar-refractivity contribution is -0.391. The minimum atomic E-state index is -4.91. The van der Waals surface area contributed by atoms with Gasteiger partial charge in [-0.05, 0) is 61.1 Å². The summed E-state index contributed by atoms with van der Waals surface area (Å²) < 4.78 is 77.6. The molecule has 2 N–H and O–H groups in total. The lowest BCUT2D eigenvalue weighted by Crippen LogP contribution is -2.52. The monoisotopic (exact) mass is 615 g/mol. The molecule has 0 spiro atoms. The molecule has 0 bridgehead atoms. The highest BCUT2D eigenvalue weighted by Gasteiger charge is 2.65. The van der Waals surface area contributed by atoms with Crippen LogP contribution in [0.1, 0.15) is 73.0 Å². The Labute approximate surface area is 245 Å². The van der Waals surface area contributed by atoms with Crippen LogP contribution < -0.4 is 20.1 Å². The molecule has 1 atom stereocenters. The molecule has 15 heteroatoms. The van der Waals surface area contributed by atoms with Crippen molar-refractivity contribution < 1.29 is 45.8 Å². The number of carbonyl (C=O) groups excluding carboxylic acids is 3. The average Bonchev–Trinajstić information content (AvgIpc) is 3.55. The van der Waals surface area contributed by atoms with Crippen molar-refractivity contribution in [3.63, 3.8) is 0 Å². The Balaban J connectivity index is 1.22. The molecule has 44 heavy (non-hydrogen) atoms. The molecule has 0 fully saturated rings. The number of hydrogen-bond donors (Lipinski definition) is 2. The topological polar surface area (TPSA) is 124 Å². The zero-order valence-corrected chi connectivity index (χ0v) is 23.0. The third-order valence-electron chi connectivity index (χ3n) is 7.55. The maximum absolute atomic E-state index is 14.5. The highest BCUT2D eigenvalue weighted by atomic mass is 19.3. The van der Waals surface area contributed by atoms with Gasteiger partial charge in [-0.2, -0.15) is 22.7 Å². The number of rotatable bonds is 6. The average molecular weight is 616 g/mol. The van der Waals surface area contributed by atoms with Gasteiger partial charge in [0.2, 0.25) is 0 Å². The summed E-state index contributed by atoms with van der Waals surface area (Å²) in [4.78, 5) is 42.4. The minimum Gasteiger partial charge on any atom is -0.421 e. The second-order valence-electron chi connectivity index (χ2n) is 10.4. The number of aromatic nitrogens is 3. The fourth-order valence-corrected chi connectivity index (χ4v) is 5.35. The Kier molecular flexibility index (Phi) is 6.78. The van der Waals surface area contributed by atoms with Gasteiger partial charge in [0, 0.05) is 18.2 Å². The zero-order chi connectivity index (χ0) is 31.6. The SMILES string of the molecule is CC(=O)c1ccc2c(c1C)CC[C@@H]2NC(=O)c1cc(C(=O)NCc2ccc3c(c2)OC(F)(F)C(F)(F)O3)nc2c(F)cnn12. The van der Waals surface area contributed by atoms with E-state index in [9.17, 15) is 36.3 Å². The second kappa shape index (κ2) is 10.3. The van der Waals surface area contributed by atoms with Crippen molar-refractivity contribution in [2.75, 3.05) is 0 Å². The van der Waals surface area contributed by atoms with Crippen LogP contribution in [-0.4, -0.2) is 44.4 Å². The Morgan fingerprint density at radius 3 is 2.48 bits per heavy atom. The van der Waals surface area contributed by atoms with Crippen LogP contribution in [0.5, 0.6) is 11.5 Å². The van der Waals surface area contributed by atoms with Crippen molar-refractivity contribution in [3.8, 4) is 11.5 Å². The van der Waals surface area contributed by atoms with E-state index in [1.807, 2.05) is 6.92 Å². The van der Waals surface area contributed by atoms with Gasteiger partial charge >= 0.3 is 12.2 Å². The van der Waals surface area contributed by atoms with Crippen molar-refractivity contribution >= 4 is 23.2 Å². The molecule has 2 amide bonds. The van der Waals surface area contributed by atoms with E-state index in [-0.39, 0.29) is 34.9 Å². The number of nitrogens with zero attached hydrogens (tertiary/aromatic N) is 3. The first-order valence-electron chi connectivity index (χ1n) is 13.3. The van der Waals surface area contributed by atoms with Crippen LogP contribution in [0, 0.1) is 12.7 Å². The van der Waals surface area contributed by atoms with Gasteiger partial charge in [0.15, 0.2) is 28.7 Å². The molecule has 4 aromatic rings. The van der Waals surface area contributed by atoms with Crippen LogP contribution in [0.2, 0.25) is 0 Å². The first-order valence-corrected chi connectivity index (χ1v) is 13.3. The van der Waals surface area contributed by atoms with Gasteiger partial charge in [0.25, 0.3) is 11.8 Å². The molecule has 2 aromatic carbocycles. The summed E-state index contributed by atoms with van der Waals surface area (Å²) in [5, 5.41) is 9.22. The van der Waals surface area contributed by atoms with Gasteiger partial charge in [0.05, 0.1) is 12.2 Å². The van der Waals surface area contributed by atoms with Crippen molar-refractivity contribution in [1.29, 1.82) is 0 Å². The standard InChI is InChI=1S/C29H22F5N5O5/c1-13-16(14(2)40)4-5-18-17(13)6-7-20(18)38-27(42)22-10-21(37-25-19(30)12-36-39(22)25)26(41)35-11-15-3-8-23-24(9-15)44-29(33,34)28(31,32)43-23/h3-5,8-10,12,20H,6-7,11H2,1-2H3,(H,35,41)(H,38,42)/t20-/m0/s1. The molecule has 0 unspecified atom stereocenters. The number of ether oxygens (including phenoxy) is 2. The van der Waals surface area contributed by atoms with Crippen molar-refractivity contribution in [2.45, 2.75) is 51.5 Å². The molecule has 228 valence electrons. The molecular weight excluding hydrogens is 593 g/mol. The number of Topliss-reactive ketones (excluding diaryl/α,β-unsaturated/α-hetero) is 1. The molecule has 2 aliphatic rings. The molecule has 1 aliphatic carbocycles. The summed E-state index contributed by atoms with van der Waals surface area (Å²) in [6.45, 7) is 3.03. The first kappa shape index (κ1) is 29.0. The lowest BCUT2D eigenvalue weighted by Gasteiger charge is -2.31. The van der Waals surface area contributed by atoms with Gasteiger partial charge in [-0.15, -0.1) is 0 Å². The van der Waals surface area contributed by atoms with Crippen LogP contribution in [0.3, 0.4) is 0 Å². The smallest absolute Gasteiger partial charge is 0.421 e. The molecule has 0 radical (unpaired) electrons. The number of ketones is 1. The summed E-state index contributed by atoms with van der Waals surface area (Å²) >= 11 is 0. The number of hydrogen-bond acceptors (Lipinski definition) is 7. The van der Waals surface area contributed by atoms with Gasteiger partial charge in [-0.25, -0.2) is 13.9 Å². The van der Waals surface area contributed by atoms with Crippen LogP contribution in [0.25, 0.3) is 5.65 Å². The van der Waals surface area contributed by atoms with E-state index in [2.05, 4.69) is 30.2 Å². The molecule has 1 aliphatic heterocycles. The lowest BCUT2D eigenvalue weighted by atomic mass is 9.96. The maximum atomic E-state index is 14.5. The predicted molar refractivity (Wildman–Crippen MR) is 141 cm³/mol. The fourth-order valence-electron chi connectivity index (χ4n) is 5.35. The summed E-state index contributed by atoms with van der Waals surface area (Å²) in [7, 11) is 0. The van der Waals surface area contributed by atoms with Crippen LogP contribution >= 0.6 is 0 Å². The van der Waals surface area contributed by atoms with Crippen molar-refractivity contribution in [3.05, 3.63) is 87.6 Å². The molecule has 0 saturated heterocycles. The first-order chi connectivity index (χ1) is 20.8. The molecule has 0 saturated carbocycles. The van der Waals surface area contributed by atoms with Gasteiger partial charge in [-0.1, -0.05) is 18.2 Å². The van der Waals surface area contributed by atoms with Crippen molar-refractivity contribution in [1.82, 2.24) is 25.2 Å². The summed E-state index contributed by atoms with van der Waals surface area (Å²) in [6, 6.07) is 7.42. The zero-order valence-electron chi connectivity index (χ0n) is 23.0. The molecular formula is C29H22F5N5O5. The van der Waals surface area contributed by atoms with Crippen molar-refractivity contribution in [2.24, 2.45) is 0 Å². The van der Waals surface area contributed by atoms with Crippen LogP contribution in [0.15, 0.2) is 42.6 Å². The number of alkyl halides is 4. The number of benzene rings is 2. The predicted octanol–water partition coefficient (Wildman–Crippen LogP) is 4.68. The van der Waals surface area contributed by atoms with Gasteiger partial charge in [0.1, 0.15) is 11.4 Å². The number of amides is 2. The maximum Gasteiger partial charge on any atom is 0.507 e. The third-order valence-corrected chi connectivity index (χ3v) is 7.55.